The van der Waals surface area contributed by atoms with Crippen LogP contribution >= 0.6 is 0 Å². The van der Waals surface area contributed by atoms with Gasteiger partial charge in [-0.1, -0.05) is 25.1 Å². The Morgan fingerprint density at radius 1 is 1.29 bits per heavy atom. The van der Waals surface area contributed by atoms with Gasteiger partial charge in [-0.25, -0.2) is 4.79 Å². The number of aliphatic hydroxyl groups excluding tert-OH is 1. The molecule has 0 aliphatic heterocycles. The van der Waals surface area contributed by atoms with Gasteiger partial charge in [0.2, 0.25) is 0 Å². The van der Waals surface area contributed by atoms with E-state index in [1.165, 1.54) is 6.07 Å². The first-order chi connectivity index (χ1) is 9.84. The number of nitrogens with one attached hydrogen (secondary N) is 2. The fourth-order valence-corrected chi connectivity index (χ4v) is 1.82. The maximum Gasteiger partial charge on any atom is 0.416 e. The number of alkyl halides is 3. The van der Waals surface area contributed by atoms with Crippen LogP contribution in [0.5, 0.6) is 0 Å². The predicted molar refractivity (Wildman–Crippen MR) is 73.0 cm³/mol. The molecule has 1 rings (SSSR count). The first-order valence-corrected chi connectivity index (χ1v) is 6.64. The van der Waals surface area contributed by atoms with E-state index in [4.69, 9.17) is 5.11 Å². The van der Waals surface area contributed by atoms with E-state index in [2.05, 4.69) is 10.6 Å². The highest BCUT2D eigenvalue weighted by molar-refractivity contribution is 5.73. The predicted octanol–water partition coefficient (Wildman–Crippen LogP) is 2.49. The van der Waals surface area contributed by atoms with Crippen molar-refractivity contribution in [2.45, 2.75) is 25.4 Å². The summed E-state index contributed by atoms with van der Waals surface area (Å²) in [6, 6.07) is 4.80. The summed E-state index contributed by atoms with van der Waals surface area (Å²) in [4.78, 5) is 11.2. The molecule has 0 fully saturated rings. The highest BCUT2D eigenvalue weighted by Crippen LogP contribution is 2.31. The normalized spacial score (nSPS) is 12.8. The molecule has 0 saturated carbocycles. The van der Waals surface area contributed by atoms with E-state index in [1.54, 1.807) is 6.07 Å². The zero-order chi connectivity index (χ0) is 15.9. The monoisotopic (exact) mass is 304 g/mol. The maximum atomic E-state index is 12.6. The first kappa shape index (κ1) is 17.3. The second kappa shape index (κ2) is 7.87. The van der Waals surface area contributed by atoms with E-state index in [1.807, 2.05) is 6.92 Å². The summed E-state index contributed by atoms with van der Waals surface area (Å²) in [6.07, 6.45) is -3.83. The summed E-state index contributed by atoms with van der Waals surface area (Å²) in [7, 11) is 0. The number of urea groups is 1. The Morgan fingerprint density at radius 2 is 1.95 bits per heavy atom. The Hall–Kier alpha value is -1.76. The summed E-state index contributed by atoms with van der Waals surface area (Å²) in [5.74, 6) is -0.106. The summed E-state index contributed by atoms with van der Waals surface area (Å²) < 4.78 is 37.9. The van der Waals surface area contributed by atoms with E-state index in [9.17, 15) is 18.0 Å². The van der Waals surface area contributed by atoms with Gasteiger partial charge in [0.25, 0.3) is 0 Å². The van der Waals surface area contributed by atoms with E-state index in [-0.39, 0.29) is 19.1 Å². The third-order valence-electron chi connectivity index (χ3n) is 3.04. The van der Waals surface area contributed by atoms with Gasteiger partial charge in [-0.3, -0.25) is 0 Å². The molecule has 1 unspecified atom stereocenters. The van der Waals surface area contributed by atoms with Crippen LogP contribution in [0.3, 0.4) is 0 Å². The topological polar surface area (TPSA) is 61.4 Å². The zero-order valence-electron chi connectivity index (χ0n) is 11.7. The minimum Gasteiger partial charge on any atom is -0.395 e. The van der Waals surface area contributed by atoms with Crippen LogP contribution in [0.2, 0.25) is 0 Å². The largest absolute Gasteiger partial charge is 0.416 e. The molecule has 0 radical (unpaired) electrons. The molecule has 0 saturated heterocycles. The van der Waals surface area contributed by atoms with Gasteiger partial charge in [0, 0.05) is 13.1 Å². The second-order valence-electron chi connectivity index (χ2n) is 4.72. The van der Waals surface area contributed by atoms with E-state index in [0.717, 1.165) is 12.1 Å². The van der Waals surface area contributed by atoms with Gasteiger partial charge in [-0.15, -0.1) is 0 Å². The fourth-order valence-electron chi connectivity index (χ4n) is 1.82. The van der Waals surface area contributed by atoms with Crippen LogP contribution in [-0.4, -0.2) is 30.8 Å². The van der Waals surface area contributed by atoms with Crippen molar-refractivity contribution in [2.75, 3.05) is 19.7 Å². The van der Waals surface area contributed by atoms with Crippen LogP contribution in [-0.2, 0) is 6.18 Å². The van der Waals surface area contributed by atoms with Gasteiger partial charge in [0.15, 0.2) is 0 Å². The smallest absolute Gasteiger partial charge is 0.395 e. The summed E-state index contributed by atoms with van der Waals surface area (Å²) in [6.45, 7) is 2.17. The van der Waals surface area contributed by atoms with Crippen LogP contribution in [0.1, 0.15) is 30.4 Å². The molecule has 21 heavy (non-hydrogen) atoms. The van der Waals surface area contributed by atoms with E-state index >= 15 is 0 Å². The van der Waals surface area contributed by atoms with Gasteiger partial charge in [-0.2, -0.15) is 13.2 Å². The number of aliphatic hydroxyl groups is 1. The molecular formula is C14H19F3N2O2. The van der Waals surface area contributed by atoms with Gasteiger partial charge >= 0.3 is 12.2 Å². The number of rotatable bonds is 6. The average Bonchev–Trinajstić information content (AvgIpc) is 2.44. The Labute approximate surface area is 121 Å². The number of benzene rings is 1. The molecule has 0 aromatic heterocycles. The minimum absolute atomic E-state index is 0.106. The average molecular weight is 304 g/mol. The van der Waals surface area contributed by atoms with Crippen molar-refractivity contribution in [1.82, 2.24) is 10.6 Å². The Bertz CT molecular complexity index is 464. The number of hydrogen-bond acceptors (Lipinski definition) is 2. The quantitative estimate of drug-likeness (QED) is 0.756. The van der Waals surface area contributed by atoms with Crippen LogP contribution in [0.15, 0.2) is 24.3 Å². The molecule has 0 heterocycles. The molecule has 118 valence electrons. The van der Waals surface area contributed by atoms with Crippen molar-refractivity contribution in [3.63, 3.8) is 0 Å². The Kier molecular flexibility index (Phi) is 6.48. The molecule has 1 aromatic carbocycles. The number of amides is 2. The molecular weight excluding hydrogens is 285 g/mol. The van der Waals surface area contributed by atoms with Gasteiger partial charge in [-0.05, 0) is 24.0 Å². The van der Waals surface area contributed by atoms with Crippen molar-refractivity contribution in [1.29, 1.82) is 0 Å². The Balaban J connectivity index is 2.49. The molecule has 7 heteroatoms. The molecule has 0 aliphatic carbocycles. The highest BCUT2D eigenvalue weighted by Gasteiger charge is 2.30. The van der Waals surface area contributed by atoms with Gasteiger partial charge in [0.05, 0.1) is 12.2 Å². The van der Waals surface area contributed by atoms with Crippen LogP contribution < -0.4 is 10.6 Å². The SMILES string of the molecule is CC(CCNC(=O)NCCO)c1cccc(C(F)(F)F)c1. The highest BCUT2D eigenvalue weighted by atomic mass is 19.4. The standard InChI is InChI=1S/C14H19F3N2O2/c1-10(5-6-18-13(21)19-7-8-20)11-3-2-4-12(9-11)14(15,16)17/h2-4,9-10,20H,5-8H2,1H3,(H2,18,19,21). The number of carbonyl (C=O) groups excluding carboxylic acids is 1. The zero-order valence-corrected chi connectivity index (χ0v) is 11.7. The van der Waals surface area contributed by atoms with E-state index < -0.39 is 17.8 Å². The molecule has 1 atom stereocenters. The molecule has 2 amide bonds. The second-order valence-corrected chi connectivity index (χ2v) is 4.72. The van der Waals surface area contributed by atoms with Crippen molar-refractivity contribution >= 4 is 6.03 Å². The lowest BCUT2D eigenvalue weighted by molar-refractivity contribution is -0.137. The number of hydrogen-bond donors (Lipinski definition) is 3. The van der Waals surface area contributed by atoms with Gasteiger partial charge in [0.1, 0.15) is 0 Å². The van der Waals surface area contributed by atoms with Crippen molar-refractivity contribution in [2.24, 2.45) is 0 Å². The minimum atomic E-state index is -4.35. The van der Waals surface area contributed by atoms with Crippen molar-refractivity contribution < 1.29 is 23.1 Å². The molecule has 0 aliphatic rings. The van der Waals surface area contributed by atoms with Crippen LogP contribution in [0.25, 0.3) is 0 Å². The molecule has 4 nitrogen and oxygen atoms in total. The van der Waals surface area contributed by atoms with Crippen molar-refractivity contribution in [3.05, 3.63) is 35.4 Å². The lowest BCUT2D eigenvalue weighted by Gasteiger charge is -2.15. The van der Waals surface area contributed by atoms with Crippen LogP contribution in [0.4, 0.5) is 18.0 Å². The lowest BCUT2D eigenvalue weighted by Crippen LogP contribution is -2.37. The molecule has 0 spiro atoms. The van der Waals surface area contributed by atoms with E-state index in [0.29, 0.717) is 18.5 Å². The number of carbonyl (C=O) groups is 1. The Morgan fingerprint density at radius 3 is 2.57 bits per heavy atom. The lowest BCUT2D eigenvalue weighted by atomic mass is 9.96. The third kappa shape index (κ3) is 6.03. The van der Waals surface area contributed by atoms with Gasteiger partial charge < -0.3 is 15.7 Å². The molecule has 0 bridgehead atoms. The molecule has 1 aromatic rings. The summed E-state index contributed by atoms with van der Waals surface area (Å²) >= 11 is 0. The maximum absolute atomic E-state index is 12.6. The summed E-state index contributed by atoms with van der Waals surface area (Å²) in [5.41, 5.74) is -0.0807. The first-order valence-electron chi connectivity index (χ1n) is 6.64. The van der Waals surface area contributed by atoms with Crippen LogP contribution in [0, 0.1) is 0 Å². The van der Waals surface area contributed by atoms with Crippen molar-refractivity contribution in [3.8, 4) is 0 Å². The fraction of sp³-hybridized carbons (Fsp3) is 0.500. The molecule has 3 N–H and O–H groups in total. The third-order valence-corrected chi connectivity index (χ3v) is 3.04. The number of halogens is 3. The summed E-state index contributed by atoms with van der Waals surface area (Å²) in [5, 5.41) is 13.5.